The Morgan fingerprint density at radius 3 is 2.48 bits per heavy atom. The van der Waals surface area contributed by atoms with Crippen LogP contribution >= 0.6 is 24.0 Å². The van der Waals surface area contributed by atoms with Gasteiger partial charge in [-0.15, -0.1) is 12.4 Å². The van der Waals surface area contributed by atoms with Crippen molar-refractivity contribution in [1.29, 1.82) is 0 Å². The number of amides is 1. The number of benzene rings is 1. The summed E-state index contributed by atoms with van der Waals surface area (Å²) < 4.78 is 0. The van der Waals surface area contributed by atoms with Gasteiger partial charge in [0.15, 0.2) is 0 Å². The third-order valence-electron chi connectivity index (χ3n) is 5.43. The summed E-state index contributed by atoms with van der Waals surface area (Å²) in [4.78, 5) is 15.4. The van der Waals surface area contributed by atoms with E-state index in [4.69, 9.17) is 11.6 Å². The lowest BCUT2D eigenvalue weighted by molar-refractivity contribution is -0.138. The molecule has 1 amide bonds. The molecule has 1 aliphatic carbocycles. The zero-order valence-corrected chi connectivity index (χ0v) is 15.3. The van der Waals surface area contributed by atoms with Gasteiger partial charge in [0.2, 0.25) is 5.91 Å². The van der Waals surface area contributed by atoms with Crippen molar-refractivity contribution in [2.75, 3.05) is 20.1 Å². The zero-order chi connectivity index (χ0) is 15.6. The quantitative estimate of drug-likeness (QED) is 0.893. The van der Waals surface area contributed by atoms with Crippen LogP contribution in [0.5, 0.6) is 0 Å². The molecule has 0 radical (unpaired) electrons. The van der Waals surface area contributed by atoms with E-state index in [9.17, 15) is 4.79 Å². The largest absolute Gasteiger partial charge is 0.342 e. The molecule has 1 aliphatic heterocycles. The molecule has 1 saturated carbocycles. The summed E-state index contributed by atoms with van der Waals surface area (Å²) in [6.45, 7) is 1.74. The molecule has 0 bridgehead atoms. The monoisotopic (exact) mass is 356 g/mol. The summed E-state index contributed by atoms with van der Waals surface area (Å²) in [5, 5.41) is 4.05. The summed E-state index contributed by atoms with van der Waals surface area (Å²) in [6, 6.07) is 8.48. The predicted octanol–water partition coefficient (Wildman–Crippen LogP) is 3.78. The first-order valence-corrected chi connectivity index (χ1v) is 8.76. The fraction of sp³-hybridized carbons (Fsp3) is 0.611. The van der Waals surface area contributed by atoms with Gasteiger partial charge in [0.25, 0.3) is 0 Å². The van der Waals surface area contributed by atoms with Crippen LogP contribution in [0, 0.1) is 0 Å². The Morgan fingerprint density at radius 1 is 1.26 bits per heavy atom. The number of halogens is 2. The second-order valence-electron chi connectivity index (χ2n) is 6.65. The highest BCUT2D eigenvalue weighted by Crippen LogP contribution is 2.43. The minimum Gasteiger partial charge on any atom is -0.342 e. The van der Waals surface area contributed by atoms with Gasteiger partial charge in [0.05, 0.1) is 5.41 Å². The van der Waals surface area contributed by atoms with Crippen LogP contribution < -0.4 is 5.32 Å². The van der Waals surface area contributed by atoms with Crippen LogP contribution in [0.2, 0.25) is 5.02 Å². The minimum absolute atomic E-state index is 0. The molecule has 1 aromatic rings. The van der Waals surface area contributed by atoms with Gasteiger partial charge in [-0.1, -0.05) is 36.6 Å². The van der Waals surface area contributed by atoms with Crippen LogP contribution in [-0.4, -0.2) is 37.0 Å². The van der Waals surface area contributed by atoms with Gasteiger partial charge in [-0.05, 0) is 50.4 Å². The molecule has 128 valence electrons. The van der Waals surface area contributed by atoms with Crippen LogP contribution in [-0.2, 0) is 10.2 Å². The highest BCUT2D eigenvalue weighted by Gasteiger charge is 2.45. The van der Waals surface area contributed by atoms with Crippen molar-refractivity contribution in [2.24, 2.45) is 0 Å². The number of nitrogens with one attached hydrogen (secondary N) is 1. The molecule has 0 unspecified atom stereocenters. The van der Waals surface area contributed by atoms with Crippen molar-refractivity contribution in [2.45, 2.75) is 50.0 Å². The molecule has 2 aliphatic rings. The van der Waals surface area contributed by atoms with E-state index in [1.807, 2.05) is 25.2 Å². The predicted molar refractivity (Wildman–Crippen MR) is 97.5 cm³/mol. The maximum Gasteiger partial charge on any atom is 0.233 e. The van der Waals surface area contributed by atoms with Crippen molar-refractivity contribution < 1.29 is 4.79 Å². The van der Waals surface area contributed by atoms with E-state index in [0.29, 0.717) is 11.9 Å². The fourth-order valence-electron chi connectivity index (χ4n) is 4.06. The summed E-state index contributed by atoms with van der Waals surface area (Å²) >= 11 is 6.18. The average Bonchev–Trinajstić information content (AvgIpc) is 3.05. The second kappa shape index (κ2) is 7.87. The van der Waals surface area contributed by atoms with Gasteiger partial charge >= 0.3 is 0 Å². The second-order valence-corrected chi connectivity index (χ2v) is 7.09. The molecule has 1 heterocycles. The molecule has 0 aromatic heterocycles. The molecule has 3 rings (SSSR count). The van der Waals surface area contributed by atoms with Gasteiger partial charge in [0.1, 0.15) is 0 Å². The first-order chi connectivity index (χ1) is 10.7. The third kappa shape index (κ3) is 3.67. The van der Waals surface area contributed by atoms with Gasteiger partial charge in [0, 0.05) is 24.2 Å². The Morgan fingerprint density at radius 2 is 1.91 bits per heavy atom. The highest BCUT2D eigenvalue weighted by atomic mass is 35.5. The number of piperidine rings is 1. The summed E-state index contributed by atoms with van der Waals surface area (Å²) in [6.07, 6.45) is 6.27. The van der Waals surface area contributed by atoms with Gasteiger partial charge in [-0.3, -0.25) is 4.79 Å². The standard InChI is InChI=1S/C18H25ClN2O.ClH/c1-20-16-7-11-21(12-8-16)17(22)18(9-2-3-10-18)14-5-4-6-15(19)13-14;/h4-6,13,16,20H,2-3,7-12H2,1H3;1H. The Kier molecular flexibility index (Phi) is 6.35. The lowest BCUT2D eigenvalue weighted by atomic mass is 9.77. The summed E-state index contributed by atoms with van der Waals surface area (Å²) in [7, 11) is 2.01. The highest BCUT2D eigenvalue weighted by molar-refractivity contribution is 6.30. The summed E-state index contributed by atoms with van der Waals surface area (Å²) in [5.41, 5.74) is 0.774. The van der Waals surface area contributed by atoms with Gasteiger partial charge in [-0.2, -0.15) is 0 Å². The molecular formula is C18H26Cl2N2O. The first kappa shape index (κ1) is 18.6. The number of carbonyl (C=O) groups excluding carboxylic acids is 1. The Hall–Kier alpha value is -0.770. The number of hydrogen-bond acceptors (Lipinski definition) is 2. The van der Waals surface area contributed by atoms with Gasteiger partial charge in [-0.25, -0.2) is 0 Å². The van der Waals surface area contributed by atoms with Crippen molar-refractivity contribution in [3.05, 3.63) is 34.9 Å². The Labute approximate surface area is 150 Å². The number of hydrogen-bond donors (Lipinski definition) is 1. The van der Waals surface area contributed by atoms with Crippen LogP contribution in [0.25, 0.3) is 0 Å². The molecule has 1 saturated heterocycles. The number of likely N-dealkylation sites (tertiary alicyclic amines) is 1. The van der Waals surface area contributed by atoms with Crippen molar-refractivity contribution in [3.63, 3.8) is 0 Å². The van der Waals surface area contributed by atoms with E-state index >= 15 is 0 Å². The number of nitrogens with zero attached hydrogens (tertiary/aromatic N) is 1. The zero-order valence-electron chi connectivity index (χ0n) is 13.7. The average molecular weight is 357 g/mol. The van der Waals surface area contributed by atoms with E-state index in [1.54, 1.807) is 0 Å². The maximum absolute atomic E-state index is 13.3. The lowest BCUT2D eigenvalue weighted by Crippen LogP contribution is -2.50. The lowest BCUT2D eigenvalue weighted by Gasteiger charge is -2.38. The van der Waals surface area contributed by atoms with Crippen molar-refractivity contribution >= 4 is 29.9 Å². The van der Waals surface area contributed by atoms with Gasteiger partial charge < -0.3 is 10.2 Å². The van der Waals surface area contributed by atoms with E-state index in [1.165, 1.54) is 0 Å². The van der Waals surface area contributed by atoms with Crippen molar-refractivity contribution in [1.82, 2.24) is 10.2 Å². The van der Waals surface area contributed by atoms with E-state index in [2.05, 4.69) is 16.3 Å². The fourth-order valence-corrected chi connectivity index (χ4v) is 4.25. The molecule has 0 spiro atoms. The molecule has 1 N–H and O–H groups in total. The SMILES string of the molecule is CNC1CCN(C(=O)C2(c3cccc(Cl)c3)CCCC2)CC1.Cl. The molecule has 2 fully saturated rings. The Balaban J connectivity index is 0.00000192. The molecule has 3 nitrogen and oxygen atoms in total. The first-order valence-electron chi connectivity index (χ1n) is 8.38. The van der Waals surface area contributed by atoms with Crippen LogP contribution in [0.1, 0.15) is 44.1 Å². The van der Waals surface area contributed by atoms with Crippen LogP contribution in [0.4, 0.5) is 0 Å². The smallest absolute Gasteiger partial charge is 0.233 e. The third-order valence-corrected chi connectivity index (χ3v) is 5.67. The number of rotatable bonds is 3. The molecule has 0 atom stereocenters. The van der Waals surface area contributed by atoms with E-state index < -0.39 is 0 Å². The molecule has 5 heteroatoms. The van der Waals surface area contributed by atoms with Crippen molar-refractivity contribution in [3.8, 4) is 0 Å². The topological polar surface area (TPSA) is 32.3 Å². The Bertz CT molecular complexity index is 536. The normalized spacial score (nSPS) is 21.0. The van der Waals surface area contributed by atoms with E-state index in [-0.39, 0.29) is 17.8 Å². The minimum atomic E-state index is -0.336. The number of carbonyl (C=O) groups is 1. The molecular weight excluding hydrogens is 331 g/mol. The van der Waals surface area contributed by atoms with Crippen LogP contribution in [0.15, 0.2) is 24.3 Å². The maximum atomic E-state index is 13.3. The summed E-state index contributed by atoms with van der Waals surface area (Å²) in [5.74, 6) is 0.321. The molecule has 1 aromatic carbocycles. The molecule has 23 heavy (non-hydrogen) atoms. The van der Waals surface area contributed by atoms with Crippen LogP contribution in [0.3, 0.4) is 0 Å². The van der Waals surface area contributed by atoms with E-state index in [0.717, 1.165) is 62.2 Å².